The van der Waals surface area contributed by atoms with Crippen LogP contribution in [0, 0.1) is 0 Å². The smallest absolute Gasteiger partial charge is 0.272 e. The van der Waals surface area contributed by atoms with Gasteiger partial charge >= 0.3 is 0 Å². The molecule has 4 nitrogen and oxygen atoms in total. The van der Waals surface area contributed by atoms with Crippen LogP contribution in [0.5, 0.6) is 0 Å². The molecule has 1 amide bonds. The predicted octanol–water partition coefficient (Wildman–Crippen LogP) is 0.844. The summed E-state index contributed by atoms with van der Waals surface area (Å²) < 4.78 is 3.58. The van der Waals surface area contributed by atoms with Crippen LogP contribution in [0.1, 0.15) is 17.4 Å². The van der Waals surface area contributed by atoms with Gasteiger partial charge in [-0.2, -0.15) is 0 Å². The van der Waals surface area contributed by atoms with Gasteiger partial charge in [-0.15, -0.1) is 5.10 Å². The average Bonchev–Trinajstić information content (AvgIpc) is 2.51. The van der Waals surface area contributed by atoms with Crippen molar-refractivity contribution in [1.82, 2.24) is 14.9 Å². The van der Waals surface area contributed by atoms with E-state index in [4.69, 9.17) is 0 Å². The minimum atomic E-state index is -0.202. The van der Waals surface area contributed by atoms with E-state index in [0.29, 0.717) is 12.2 Å². The average molecular weight is 183 g/mol. The Labute approximate surface area is 74.5 Å². The predicted molar refractivity (Wildman–Crippen MR) is 47.1 cm³/mol. The van der Waals surface area contributed by atoms with E-state index in [1.165, 1.54) is 0 Å². The van der Waals surface area contributed by atoms with Crippen LogP contribution in [0.3, 0.4) is 0 Å². The Balaban J connectivity index is 2.45. The van der Waals surface area contributed by atoms with E-state index in [0.717, 1.165) is 17.1 Å². The number of carbonyl (C=O) groups excluding carboxylic acids is 1. The molecule has 0 saturated carbocycles. The van der Waals surface area contributed by atoms with E-state index >= 15 is 0 Å². The molecule has 1 rings (SSSR count). The maximum absolute atomic E-state index is 11.2. The monoisotopic (exact) mass is 183 g/mol. The van der Waals surface area contributed by atoms with Gasteiger partial charge in [0.05, 0.1) is 0 Å². The first-order chi connectivity index (χ1) is 5.70. The number of hydrogen-bond donors (Lipinski definition) is 1. The summed E-state index contributed by atoms with van der Waals surface area (Å²) in [6.07, 6.45) is 0. The van der Waals surface area contributed by atoms with Crippen LogP contribution < -0.4 is 5.32 Å². The summed E-state index contributed by atoms with van der Waals surface area (Å²) in [7, 11) is 0. The lowest BCUT2D eigenvalue weighted by Gasteiger charge is -2.00. The number of nitrogens with one attached hydrogen (secondary N) is 1. The molecule has 64 valence electrons. The van der Waals surface area contributed by atoms with E-state index in [1.54, 1.807) is 5.38 Å². The standard InChI is InChI=1S/C7H9N3OS/c1-5(2)3-8-7(11)6-4-12-10-9-6/h4H,1,3H2,2H3,(H,8,11). The molecule has 0 aliphatic heterocycles. The van der Waals surface area contributed by atoms with Gasteiger partial charge in [-0.25, -0.2) is 0 Å². The molecule has 0 unspecified atom stereocenters. The first kappa shape index (κ1) is 8.86. The summed E-state index contributed by atoms with van der Waals surface area (Å²) in [6.45, 7) is 5.99. The number of rotatable bonds is 3. The van der Waals surface area contributed by atoms with Crippen molar-refractivity contribution in [1.29, 1.82) is 0 Å². The maximum atomic E-state index is 11.2. The zero-order valence-electron chi connectivity index (χ0n) is 6.70. The number of amides is 1. The molecule has 5 heteroatoms. The van der Waals surface area contributed by atoms with Crippen molar-refractivity contribution < 1.29 is 4.79 Å². The lowest BCUT2D eigenvalue weighted by molar-refractivity contribution is 0.0952. The van der Waals surface area contributed by atoms with Crippen LogP contribution in [-0.2, 0) is 0 Å². The zero-order chi connectivity index (χ0) is 8.97. The number of aromatic nitrogens is 2. The Morgan fingerprint density at radius 3 is 3.08 bits per heavy atom. The molecule has 0 atom stereocenters. The molecule has 1 heterocycles. The Morgan fingerprint density at radius 2 is 2.58 bits per heavy atom. The summed E-state index contributed by atoms with van der Waals surface area (Å²) >= 11 is 1.16. The first-order valence-electron chi connectivity index (χ1n) is 3.40. The molecule has 0 radical (unpaired) electrons. The molecular weight excluding hydrogens is 174 g/mol. The normalized spacial score (nSPS) is 9.42. The fourth-order valence-corrected chi connectivity index (χ4v) is 1.02. The summed E-state index contributed by atoms with van der Waals surface area (Å²) in [5, 5.41) is 7.88. The van der Waals surface area contributed by atoms with Gasteiger partial charge in [-0.3, -0.25) is 4.79 Å². The molecule has 12 heavy (non-hydrogen) atoms. The molecule has 1 aromatic rings. The van der Waals surface area contributed by atoms with Gasteiger partial charge in [0.25, 0.3) is 5.91 Å². The largest absolute Gasteiger partial charge is 0.347 e. The van der Waals surface area contributed by atoms with Gasteiger partial charge in [0.1, 0.15) is 0 Å². The maximum Gasteiger partial charge on any atom is 0.272 e. The fraction of sp³-hybridized carbons (Fsp3) is 0.286. The molecule has 0 aromatic carbocycles. The van der Waals surface area contributed by atoms with Crippen LogP contribution in [-0.4, -0.2) is 22.0 Å². The molecule has 0 saturated heterocycles. The number of nitrogens with zero attached hydrogens (tertiary/aromatic N) is 2. The SMILES string of the molecule is C=C(C)CNC(=O)c1csnn1. The van der Waals surface area contributed by atoms with Crippen LogP contribution >= 0.6 is 11.5 Å². The van der Waals surface area contributed by atoms with Crippen molar-refractivity contribution in [3.05, 3.63) is 23.2 Å². The minimum Gasteiger partial charge on any atom is -0.347 e. The molecule has 0 spiro atoms. The highest BCUT2D eigenvalue weighted by molar-refractivity contribution is 7.03. The minimum absolute atomic E-state index is 0.202. The van der Waals surface area contributed by atoms with E-state index in [9.17, 15) is 4.79 Å². The molecule has 0 fully saturated rings. The van der Waals surface area contributed by atoms with E-state index in [2.05, 4.69) is 21.5 Å². The van der Waals surface area contributed by atoms with Crippen LogP contribution in [0.2, 0.25) is 0 Å². The van der Waals surface area contributed by atoms with Gasteiger partial charge in [0.15, 0.2) is 5.69 Å². The highest BCUT2D eigenvalue weighted by atomic mass is 32.1. The lowest BCUT2D eigenvalue weighted by atomic mass is 10.3. The van der Waals surface area contributed by atoms with E-state index in [1.807, 2.05) is 6.92 Å². The molecular formula is C7H9N3OS. The van der Waals surface area contributed by atoms with Gasteiger partial charge in [-0.1, -0.05) is 16.6 Å². The summed E-state index contributed by atoms with van der Waals surface area (Å²) in [6, 6.07) is 0. The number of carbonyl (C=O) groups is 1. The van der Waals surface area contributed by atoms with Crippen molar-refractivity contribution in [2.45, 2.75) is 6.92 Å². The van der Waals surface area contributed by atoms with Crippen molar-refractivity contribution in [3.8, 4) is 0 Å². The Bertz CT molecular complexity index is 281. The van der Waals surface area contributed by atoms with Gasteiger partial charge in [0.2, 0.25) is 0 Å². The van der Waals surface area contributed by atoms with Crippen molar-refractivity contribution in [2.24, 2.45) is 0 Å². The highest BCUT2D eigenvalue weighted by Crippen LogP contribution is 1.96. The van der Waals surface area contributed by atoms with Crippen LogP contribution in [0.15, 0.2) is 17.5 Å². The zero-order valence-corrected chi connectivity index (χ0v) is 7.52. The first-order valence-corrected chi connectivity index (χ1v) is 4.23. The number of hydrogen-bond acceptors (Lipinski definition) is 4. The fourth-order valence-electron chi connectivity index (χ4n) is 0.585. The topological polar surface area (TPSA) is 54.9 Å². The van der Waals surface area contributed by atoms with Crippen LogP contribution in [0.25, 0.3) is 0 Å². The Kier molecular flexibility index (Phi) is 2.93. The summed E-state index contributed by atoms with van der Waals surface area (Å²) in [5.74, 6) is -0.202. The molecule has 1 aromatic heterocycles. The molecule has 0 bridgehead atoms. The Hall–Kier alpha value is -1.23. The third kappa shape index (κ3) is 2.43. The van der Waals surface area contributed by atoms with Gasteiger partial charge < -0.3 is 5.32 Å². The molecule has 0 aliphatic carbocycles. The second-order valence-corrected chi connectivity index (χ2v) is 3.04. The van der Waals surface area contributed by atoms with Gasteiger partial charge in [-0.05, 0) is 18.5 Å². The quantitative estimate of drug-likeness (QED) is 0.706. The second kappa shape index (κ2) is 3.96. The molecule has 0 aliphatic rings. The van der Waals surface area contributed by atoms with E-state index < -0.39 is 0 Å². The highest BCUT2D eigenvalue weighted by Gasteiger charge is 2.06. The van der Waals surface area contributed by atoms with Crippen molar-refractivity contribution >= 4 is 17.4 Å². The van der Waals surface area contributed by atoms with Crippen molar-refractivity contribution in [2.75, 3.05) is 6.54 Å². The van der Waals surface area contributed by atoms with E-state index in [-0.39, 0.29) is 5.91 Å². The van der Waals surface area contributed by atoms with Crippen molar-refractivity contribution in [3.63, 3.8) is 0 Å². The van der Waals surface area contributed by atoms with Crippen LogP contribution in [0.4, 0.5) is 0 Å². The third-order valence-electron chi connectivity index (χ3n) is 1.14. The third-order valence-corrected chi connectivity index (χ3v) is 1.65. The summed E-state index contributed by atoms with van der Waals surface area (Å²) in [4.78, 5) is 11.2. The summed E-state index contributed by atoms with van der Waals surface area (Å²) in [5.41, 5.74) is 1.27. The lowest BCUT2D eigenvalue weighted by Crippen LogP contribution is -2.25. The van der Waals surface area contributed by atoms with Gasteiger partial charge in [0, 0.05) is 11.9 Å². The second-order valence-electron chi connectivity index (χ2n) is 2.43. The molecule has 1 N–H and O–H groups in total. The Morgan fingerprint density at radius 1 is 1.83 bits per heavy atom.